The molecule has 0 fully saturated rings. The highest BCUT2D eigenvalue weighted by Gasteiger charge is 2.24. The lowest BCUT2D eigenvalue weighted by molar-refractivity contribution is 0.0527. The van der Waals surface area contributed by atoms with Crippen molar-refractivity contribution in [3.63, 3.8) is 0 Å². The van der Waals surface area contributed by atoms with Crippen LogP contribution < -0.4 is 5.32 Å². The lowest BCUT2D eigenvalue weighted by Crippen LogP contribution is -2.38. The van der Waals surface area contributed by atoms with Crippen molar-refractivity contribution in [1.82, 2.24) is 10.3 Å². The number of nitrogens with zero attached hydrogens (tertiary/aromatic N) is 1. The van der Waals surface area contributed by atoms with E-state index in [4.69, 9.17) is 0 Å². The molecule has 116 valence electrons. The number of benzene rings is 2. The van der Waals surface area contributed by atoms with Gasteiger partial charge in [0.1, 0.15) is 5.60 Å². The predicted molar refractivity (Wildman–Crippen MR) is 90.1 cm³/mol. The number of rotatable bonds is 4. The maximum absolute atomic E-state index is 12.5. The van der Waals surface area contributed by atoms with Crippen molar-refractivity contribution in [2.75, 3.05) is 6.54 Å². The lowest BCUT2D eigenvalue weighted by Gasteiger charge is -2.24. The second-order valence-corrected chi connectivity index (χ2v) is 5.70. The molecular weight excluding hydrogens is 288 g/mol. The number of carbonyl (C=O) groups is 1. The van der Waals surface area contributed by atoms with Crippen LogP contribution in [0.25, 0.3) is 10.9 Å². The van der Waals surface area contributed by atoms with Crippen LogP contribution in [0.1, 0.15) is 22.8 Å². The fourth-order valence-corrected chi connectivity index (χ4v) is 2.55. The molecule has 0 spiro atoms. The predicted octanol–water partition coefficient (Wildman–Crippen LogP) is 2.87. The van der Waals surface area contributed by atoms with Gasteiger partial charge in [-0.25, -0.2) is 0 Å². The number of hydrogen-bond donors (Lipinski definition) is 2. The van der Waals surface area contributed by atoms with E-state index in [1.54, 1.807) is 31.3 Å². The third kappa shape index (κ3) is 3.22. The van der Waals surface area contributed by atoms with Crippen LogP contribution in [-0.2, 0) is 5.60 Å². The highest BCUT2D eigenvalue weighted by molar-refractivity contribution is 6.06. The Morgan fingerprint density at radius 2 is 1.87 bits per heavy atom. The molecule has 1 amide bonds. The van der Waals surface area contributed by atoms with Crippen LogP contribution in [0.3, 0.4) is 0 Å². The van der Waals surface area contributed by atoms with Gasteiger partial charge in [0.05, 0.1) is 12.1 Å². The van der Waals surface area contributed by atoms with Crippen LogP contribution in [0.4, 0.5) is 0 Å². The van der Waals surface area contributed by atoms with Crippen LogP contribution in [0.15, 0.2) is 66.9 Å². The van der Waals surface area contributed by atoms with E-state index >= 15 is 0 Å². The normalized spacial score (nSPS) is 13.5. The average Bonchev–Trinajstić information content (AvgIpc) is 2.60. The number of nitrogens with one attached hydrogen (secondary N) is 1. The summed E-state index contributed by atoms with van der Waals surface area (Å²) in [6.07, 6.45) is 1.70. The Morgan fingerprint density at radius 3 is 2.65 bits per heavy atom. The van der Waals surface area contributed by atoms with E-state index < -0.39 is 5.60 Å². The molecule has 0 aliphatic carbocycles. The number of pyridine rings is 1. The Kier molecular flexibility index (Phi) is 4.08. The van der Waals surface area contributed by atoms with Crippen LogP contribution in [0.5, 0.6) is 0 Å². The minimum Gasteiger partial charge on any atom is -0.384 e. The Labute approximate surface area is 134 Å². The van der Waals surface area contributed by atoms with Crippen LogP contribution in [-0.4, -0.2) is 22.5 Å². The van der Waals surface area contributed by atoms with Crippen molar-refractivity contribution in [1.29, 1.82) is 0 Å². The molecule has 2 aromatic carbocycles. The summed E-state index contributed by atoms with van der Waals surface area (Å²) in [6, 6.07) is 18.4. The second kappa shape index (κ2) is 6.18. The molecule has 1 atom stereocenters. The van der Waals surface area contributed by atoms with Gasteiger partial charge in [-0.15, -0.1) is 0 Å². The Balaban J connectivity index is 1.79. The molecule has 2 N–H and O–H groups in total. The maximum atomic E-state index is 12.5. The van der Waals surface area contributed by atoms with E-state index in [0.29, 0.717) is 5.56 Å². The second-order valence-electron chi connectivity index (χ2n) is 5.70. The molecule has 4 heteroatoms. The molecule has 23 heavy (non-hydrogen) atoms. The minimum absolute atomic E-state index is 0.131. The van der Waals surface area contributed by atoms with E-state index in [-0.39, 0.29) is 12.5 Å². The van der Waals surface area contributed by atoms with Gasteiger partial charge in [-0.2, -0.15) is 0 Å². The van der Waals surface area contributed by atoms with E-state index in [1.165, 1.54) is 0 Å². The summed E-state index contributed by atoms with van der Waals surface area (Å²) in [5, 5.41) is 14.2. The van der Waals surface area contributed by atoms with Gasteiger partial charge < -0.3 is 10.4 Å². The van der Waals surface area contributed by atoms with Crippen LogP contribution >= 0.6 is 0 Å². The number of aromatic nitrogens is 1. The molecule has 1 aromatic heterocycles. The topological polar surface area (TPSA) is 62.2 Å². The van der Waals surface area contributed by atoms with E-state index in [9.17, 15) is 9.90 Å². The Hall–Kier alpha value is -2.72. The molecule has 0 bridgehead atoms. The molecule has 0 aliphatic heterocycles. The minimum atomic E-state index is -1.13. The number of aliphatic hydroxyl groups is 1. The van der Waals surface area contributed by atoms with Gasteiger partial charge in [0.2, 0.25) is 0 Å². The summed E-state index contributed by atoms with van der Waals surface area (Å²) in [4.78, 5) is 16.7. The Bertz CT molecular complexity index is 824. The smallest absolute Gasteiger partial charge is 0.252 e. The monoisotopic (exact) mass is 306 g/mol. The third-order valence-corrected chi connectivity index (χ3v) is 3.88. The lowest BCUT2D eigenvalue weighted by atomic mass is 9.96. The van der Waals surface area contributed by atoms with Crippen molar-refractivity contribution < 1.29 is 9.90 Å². The number of amides is 1. The largest absolute Gasteiger partial charge is 0.384 e. The maximum Gasteiger partial charge on any atom is 0.252 e. The highest BCUT2D eigenvalue weighted by Crippen LogP contribution is 2.20. The number of hydrogen-bond acceptors (Lipinski definition) is 3. The number of fused-ring (bicyclic) bond motifs is 1. The molecule has 4 nitrogen and oxygen atoms in total. The SMILES string of the molecule is CC(O)(CNC(=O)c1cccc2ncccc12)c1ccccc1. The standard InChI is InChI=1S/C19H18N2O2/c1-19(23,14-7-3-2-4-8-14)13-21-18(22)16-9-5-11-17-15(16)10-6-12-20-17/h2-12,23H,13H2,1H3,(H,21,22). The molecule has 0 aliphatic rings. The van der Waals surface area contributed by atoms with Crippen molar-refractivity contribution in [2.24, 2.45) is 0 Å². The fourth-order valence-electron chi connectivity index (χ4n) is 2.55. The Morgan fingerprint density at radius 1 is 1.09 bits per heavy atom. The molecule has 1 heterocycles. The summed E-state index contributed by atoms with van der Waals surface area (Å²) >= 11 is 0. The van der Waals surface area contributed by atoms with Gasteiger partial charge in [0, 0.05) is 17.1 Å². The first-order chi connectivity index (χ1) is 11.1. The zero-order valence-corrected chi connectivity index (χ0v) is 12.9. The first-order valence-electron chi connectivity index (χ1n) is 7.48. The first kappa shape index (κ1) is 15.2. The van der Waals surface area contributed by atoms with Gasteiger partial charge in [0.15, 0.2) is 0 Å². The van der Waals surface area contributed by atoms with Gasteiger partial charge in [-0.1, -0.05) is 42.5 Å². The summed E-state index contributed by atoms with van der Waals surface area (Å²) in [5.74, 6) is -0.222. The summed E-state index contributed by atoms with van der Waals surface area (Å²) in [6.45, 7) is 1.82. The molecule has 0 saturated carbocycles. The van der Waals surface area contributed by atoms with E-state index in [1.807, 2.05) is 42.5 Å². The average molecular weight is 306 g/mol. The van der Waals surface area contributed by atoms with Crippen molar-refractivity contribution in [3.8, 4) is 0 Å². The van der Waals surface area contributed by atoms with E-state index in [0.717, 1.165) is 16.5 Å². The first-order valence-corrected chi connectivity index (χ1v) is 7.48. The molecule has 1 unspecified atom stereocenters. The van der Waals surface area contributed by atoms with Gasteiger partial charge in [0.25, 0.3) is 5.91 Å². The van der Waals surface area contributed by atoms with Crippen molar-refractivity contribution in [3.05, 3.63) is 78.0 Å². The zero-order chi connectivity index (χ0) is 16.3. The summed E-state index contributed by atoms with van der Waals surface area (Å²) in [7, 11) is 0. The summed E-state index contributed by atoms with van der Waals surface area (Å²) < 4.78 is 0. The molecule has 3 aromatic rings. The van der Waals surface area contributed by atoms with Crippen molar-refractivity contribution in [2.45, 2.75) is 12.5 Å². The quantitative estimate of drug-likeness (QED) is 0.779. The zero-order valence-electron chi connectivity index (χ0n) is 12.9. The third-order valence-electron chi connectivity index (χ3n) is 3.88. The van der Waals surface area contributed by atoms with Crippen LogP contribution in [0.2, 0.25) is 0 Å². The molecular formula is C19H18N2O2. The van der Waals surface area contributed by atoms with Gasteiger partial charge >= 0.3 is 0 Å². The van der Waals surface area contributed by atoms with E-state index in [2.05, 4.69) is 10.3 Å². The van der Waals surface area contributed by atoms with Gasteiger partial charge in [-0.3, -0.25) is 9.78 Å². The molecule has 0 saturated heterocycles. The fraction of sp³-hybridized carbons (Fsp3) is 0.158. The molecule has 0 radical (unpaired) electrons. The van der Waals surface area contributed by atoms with Gasteiger partial charge in [-0.05, 0) is 30.7 Å². The van der Waals surface area contributed by atoms with Crippen molar-refractivity contribution >= 4 is 16.8 Å². The highest BCUT2D eigenvalue weighted by atomic mass is 16.3. The summed E-state index contributed by atoms with van der Waals surface area (Å²) in [5.41, 5.74) is 0.967. The van der Waals surface area contributed by atoms with Crippen LogP contribution in [0, 0.1) is 0 Å². The molecule has 3 rings (SSSR count). The number of carbonyl (C=O) groups excluding carboxylic acids is 1.